The van der Waals surface area contributed by atoms with Crippen molar-refractivity contribution in [2.24, 2.45) is 0 Å². The number of nitrogens with zero attached hydrogens (tertiary/aromatic N) is 1. The second-order valence-electron chi connectivity index (χ2n) is 7.46. The van der Waals surface area contributed by atoms with Gasteiger partial charge in [0, 0.05) is 30.2 Å². The first-order valence-electron chi connectivity index (χ1n) is 9.97. The molecule has 8 heteroatoms. The molecule has 0 unspecified atom stereocenters. The van der Waals surface area contributed by atoms with Crippen LogP contribution < -0.4 is 21.7 Å². The number of amides is 2. The quantitative estimate of drug-likeness (QED) is 0.396. The van der Waals surface area contributed by atoms with Crippen molar-refractivity contribution in [1.82, 2.24) is 10.3 Å². The van der Waals surface area contributed by atoms with E-state index in [1.807, 2.05) is 18.2 Å². The summed E-state index contributed by atoms with van der Waals surface area (Å²) in [5, 5.41) is 18.3. The van der Waals surface area contributed by atoms with Crippen LogP contribution >= 0.6 is 0 Å². The lowest BCUT2D eigenvalue weighted by Crippen LogP contribution is -2.28. The number of aromatic nitrogens is 1. The molecule has 8 nitrogen and oxygen atoms in total. The average Bonchev–Trinajstić information content (AvgIpc) is 3.58. The van der Waals surface area contributed by atoms with Gasteiger partial charge >= 0.3 is 12.0 Å². The summed E-state index contributed by atoms with van der Waals surface area (Å²) in [5.41, 5.74) is 9.77. The van der Waals surface area contributed by atoms with E-state index in [9.17, 15) is 14.7 Å². The third-order valence-electron chi connectivity index (χ3n) is 4.96. The molecular weight excluding hydrogens is 394 g/mol. The van der Waals surface area contributed by atoms with E-state index in [0.717, 1.165) is 29.5 Å². The zero-order valence-electron chi connectivity index (χ0n) is 16.8. The number of hydrogen-bond acceptors (Lipinski definition) is 5. The van der Waals surface area contributed by atoms with Crippen LogP contribution in [0.3, 0.4) is 0 Å². The van der Waals surface area contributed by atoms with E-state index in [0.29, 0.717) is 29.8 Å². The molecule has 4 rings (SSSR count). The molecule has 1 aliphatic rings. The van der Waals surface area contributed by atoms with Crippen molar-refractivity contribution in [1.29, 1.82) is 0 Å². The van der Waals surface area contributed by atoms with Gasteiger partial charge < -0.3 is 26.8 Å². The van der Waals surface area contributed by atoms with Crippen LogP contribution in [0.1, 0.15) is 28.8 Å². The van der Waals surface area contributed by atoms with Gasteiger partial charge in [-0.2, -0.15) is 0 Å². The molecule has 158 valence electrons. The molecule has 1 heterocycles. The summed E-state index contributed by atoms with van der Waals surface area (Å²) in [6.45, 7) is 0.337. The number of carbonyl (C=O) groups is 2. The lowest BCUT2D eigenvalue weighted by Gasteiger charge is -2.12. The molecule has 0 radical (unpaired) electrons. The lowest BCUT2D eigenvalue weighted by molar-refractivity contribution is 0.0698. The van der Waals surface area contributed by atoms with Gasteiger partial charge in [0.05, 0.1) is 5.56 Å². The Labute approximate surface area is 179 Å². The Kier molecular flexibility index (Phi) is 5.70. The van der Waals surface area contributed by atoms with E-state index in [1.54, 1.807) is 42.6 Å². The van der Waals surface area contributed by atoms with Crippen LogP contribution in [0.2, 0.25) is 0 Å². The zero-order chi connectivity index (χ0) is 21.8. The van der Waals surface area contributed by atoms with E-state index in [1.165, 1.54) is 0 Å². The smallest absolute Gasteiger partial charge is 0.337 e. The van der Waals surface area contributed by atoms with Crippen molar-refractivity contribution in [3.05, 3.63) is 71.9 Å². The fraction of sp³-hybridized carbons (Fsp3) is 0.174. The number of nitrogens with one attached hydrogen (secondary N) is 3. The number of urea groups is 1. The number of nitrogen functional groups attached to an aromatic ring is 1. The standard InChI is InChI=1S/C23H23N5O3/c24-21-10-1-14(12-25-21)13-26-23(31)28-18-5-2-15(3-6-18)16-4-9-19(22(29)30)20(11-16)27-17-7-8-17/h1-6,9-12,17,27H,7-8,13H2,(H2,24,25)(H,29,30)(H2,26,28,31). The van der Waals surface area contributed by atoms with Crippen LogP contribution in [0.25, 0.3) is 11.1 Å². The third-order valence-corrected chi connectivity index (χ3v) is 4.96. The Bertz CT molecular complexity index is 1090. The second kappa shape index (κ2) is 8.74. The molecule has 2 amide bonds. The summed E-state index contributed by atoms with van der Waals surface area (Å²) in [7, 11) is 0. The minimum absolute atomic E-state index is 0.266. The normalized spacial score (nSPS) is 12.8. The molecule has 0 saturated heterocycles. The third kappa shape index (κ3) is 5.30. The Hall–Kier alpha value is -4.07. The van der Waals surface area contributed by atoms with Gasteiger partial charge in [-0.25, -0.2) is 14.6 Å². The Morgan fingerprint density at radius 1 is 1.03 bits per heavy atom. The topological polar surface area (TPSA) is 129 Å². The molecule has 2 aromatic carbocycles. The molecule has 3 aromatic rings. The summed E-state index contributed by atoms with van der Waals surface area (Å²) in [5.74, 6) is -0.517. The second-order valence-corrected chi connectivity index (χ2v) is 7.46. The maximum absolute atomic E-state index is 12.1. The van der Waals surface area contributed by atoms with Gasteiger partial charge in [-0.3, -0.25) is 0 Å². The SMILES string of the molecule is Nc1ccc(CNC(=O)Nc2ccc(-c3ccc(C(=O)O)c(NC4CC4)c3)cc2)cn1. The van der Waals surface area contributed by atoms with E-state index in [4.69, 9.17) is 5.73 Å². The van der Waals surface area contributed by atoms with Gasteiger partial charge in [0.1, 0.15) is 5.82 Å². The van der Waals surface area contributed by atoms with Crippen molar-refractivity contribution >= 4 is 29.2 Å². The van der Waals surface area contributed by atoms with Gasteiger partial charge in [0.2, 0.25) is 0 Å². The van der Waals surface area contributed by atoms with E-state index in [-0.39, 0.29) is 11.6 Å². The van der Waals surface area contributed by atoms with Crippen LogP contribution in [0.5, 0.6) is 0 Å². The minimum atomic E-state index is -0.949. The highest BCUT2D eigenvalue weighted by Gasteiger charge is 2.23. The number of hydrogen-bond donors (Lipinski definition) is 5. The predicted molar refractivity (Wildman–Crippen MR) is 120 cm³/mol. The molecule has 0 aliphatic heterocycles. The molecule has 0 atom stereocenters. The number of anilines is 3. The highest BCUT2D eigenvalue weighted by molar-refractivity contribution is 5.95. The first-order valence-corrected chi connectivity index (χ1v) is 9.97. The Morgan fingerprint density at radius 3 is 2.42 bits per heavy atom. The largest absolute Gasteiger partial charge is 0.478 e. The first-order chi connectivity index (χ1) is 15.0. The van der Waals surface area contributed by atoms with Crippen LogP contribution in [0, 0.1) is 0 Å². The van der Waals surface area contributed by atoms with Crippen LogP contribution in [0.4, 0.5) is 22.0 Å². The monoisotopic (exact) mass is 417 g/mol. The Morgan fingerprint density at radius 2 is 1.77 bits per heavy atom. The van der Waals surface area contributed by atoms with E-state index < -0.39 is 5.97 Å². The van der Waals surface area contributed by atoms with Crippen LogP contribution in [-0.4, -0.2) is 28.1 Å². The van der Waals surface area contributed by atoms with Gasteiger partial charge in [0.15, 0.2) is 0 Å². The van der Waals surface area contributed by atoms with Crippen molar-refractivity contribution in [3.8, 4) is 11.1 Å². The average molecular weight is 417 g/mol. The van der Waals surface area contributed by atoms with Crippen molar-refractivity contribution in [2.45, 2.75) is 25.4 Å². The molecule has 0 bridgehead atoms. The summed E-state index contributed by atoms with van der Waals surface area (Å²) < 4.78 is 0. The Balaban J connectivity index is 1.40. The fourth-order valence-corrected chi connectivity index (χ4v) is 3.12. The first kappa shape index (κ1) is 20.2. The molecule has 1 fully saturated rings. The fourth-order valence-electron chi connectivity index (χ4n) is 3.12. The van der Waals surface area contributed by atoms with Gasteiger partial charge in [0.25, 0.3) is 0 Å². The van der Waals surface area contributed by atoms with Crippen LogP contribution in [0.15, 0.2) is 60.8 Å². The maximum atomic E-state index is 12.1. The van der Waals surface area contributed by atoms with Crippen molar-refractivity contribution < 1.29 is 14.7 Å². The highest BCUT2D eigenvalue weighted by Crippen LogP contribution is 2.31. The van der Waals surface area contributed by atoms with Gasteiger partial charge in [-0.15, -0.1) is 0 Å². The van der Waals surface area contributed by atoms with Gasteiger partial charge in [-0.05, 0) is 59.9 Å². The molecule has 1 saturated carbocycles. The van der Waals surface area contributed by atoms with Gasteiger partial charge in [-0.1, -0.05) is 24.3 Å². The molecular formula is C23H23N5O3. The molecule has 31 heavy (non-hydrogen) atoms. The number of carboxylic acids is 1. The summed E-state index contributed by atoms with van der Waals surface area (Å²) in [6, 6.07) is 16.2. The van der Waals surface area contributed by atoms with Crippen molar-refractivity contribution in [2.75, 3.05) is 16.4 Å². The number of carbonyl (C=O) groups excluding carboxylic acids is 1. The minimum Gasteiger partial charge on any atom is -0.478 e. The number of nitrogens with two attached hydrogens (primary N) is 1. The van der Waals surface area contributed by atoms with E-state index in [2.05, 4.69) is 20.9 Å². The summed E-state index contributed by atoms with van der Waals surface area (Å²) in [4.78, 5) is 27.6. The van der Waals surface area contributed by atoms with Crippen molar-refractivity contribution in [3.63, 3.8) is 0 Å². The summed E-state index contributed by atoms with van der Waals surface area (Å²) >= 11 is 0. The number of carboxylic acid groups (broad SMARTS) is 1. The highest BCUT2D eigenvalue weighted by atomic mass is 16.4. The maximum Gasteiger partial charge on any atom is 0.337 e. The number of benzene rings is 2. The van der Waals surface area contributed by atoms with Crippen LogP contribution in [-0.2, 0) is 6.54 Å². The number of aromatic carboxylic acids is 1. The predicted octanol–water partition coefficient (Wildman–Crippen LogP) is 3.93. The number of rotatable bonds is 7. The number of pyridine rings is 1. The summed E-state index contributed by atoms with van der Waals surface area (Å²) in [6.07, 6.45) is 3.73. The lowest BCUT2D eigenvalue weighted by atomic mass is 10.0. The molecule has 1 aromatic heterocycles. The zero-order valence-corrected chi connectivity index (χ0v) is 16.8. The molecule has 1 aliphatic carbocycles. The molecule has 0 spiro atoms. The molecule has 6 N–H and O–H groups in total. The van der Waals surface area contributed by atoms with E-state index >= 15 is 0 Å².